The third-order valence-electron chi connectivity index (χ3n) is 4.64. The molecule has 5 heteroatoms. The van der Waals surface area contributed by atoms with E-state index >= 15 is 0 Å². The fourth-order valence-corrected chi connectivity index (χ4v) is 3.44. The first kappa shape index (κ1) is 18.4. The Balaban J connectivity index is 1.35. The number of nitrogens with zero attached hydrogens (tertiary/aromatic N) is 2. The van der Waals surface area contributed by atoms with Crippen LogP contribution in [0.15, 0.2) is 48.5 Å². The summed E-state index contributed by atoms with van der Waals surface area (Å²) in [4.78, 5) is 2.51. The van der Waals surface area contributed by atoms with Crippen LogP contribution < -0.4 is 10.6 Å². The summed E-state index contributed by atoms with van der Waals surface area (Å²) in [6.07, 6.45) is 2.64. The van der Waals surface area contributed by atoms with Crippen LogP contribution in [-0.2, 0) is 19.4 Å². The summed E-state index contributed by atoms with van der Waals surface area (Å²) in [5.41, 5.74) is 4.91. The van der Waals surface area contributed by atoms with Gasteiger partial charge in [0.05, 0.1) is 12.5 Å². The summed E-state index contributed by atoms with van der Waals surface area (Å²) in [7, 11) is 0. The summed E-state index contributed by atoms with van der Waals surface area (Å²) in [6.45, 7) is 4.12. The van der Waals surface area contributed by atoms with Crippen LogP contribution in [0.4, 0.5) is 5.69 Å². The molecule has 4 nitrogen and oxygen atoms in total. The van der Waals surface area contributed by atoms with E-state index in [1.54, 1.807) is 0 Å². The number of nitriles is 1. The quantitative estimate of drug-likeness (QED) is 0.607. The molecule has 0 radical (unpaired) electrons. The molecule has 2 aromatic rings. The summed E-state index contributed by atoms with van der Waals surface area (Å²) in [5.74, 6) is 0. The average molecular weight is 365 g/mol. The number of fused-ring (bicyclic) bond motifs is 1. The Morgan fingerprint density at radius 1 is 1.12 bits per heavy atom. The minimum absolute atomic E-state index is 0.434. The van der Waals surface area contributed by atoms with E-state index in [2.05, 4.69) is 45.9 Å². The smallest absolute Gasteiger partial charge is 0.170 e. The monoisotopic (exact) mass is 364 g/mol. The van der Waals surface area contributed by atoms with E-state index in [1.807, 2.05) is 24.3 Å². The molecule has 0 amide bonds. The summed E-state index contributed by atoms with van der Waals surface area (Å²) in [5, 5.41) is 15.8. The van der Waals surface area contributed by atoms with Crippen molar-refractivity contribution in [1.29, 1.82) is 5.26 Å². The first-order valence-corrected chi connectivity index (χ1v) is 9.45. The molecule has 0 spiro atoms. The largest absolute Gasteiger partial charge is 0.362 e. The van der Waals surface area contributed by atoms with E-state index in [1.165, 1.54) is 11.1 Å². The number of rotatable bonds is 6. The van der Waals surface area contributed by atoms with E-state index in [0.29, 0.717) is 11.5 Å². The average Bonchev–Trinajstić information content (AvgIpc) is 2.67. The van der Waals surface area contributed by atoms with Crippen molar-refractivity contribution in [3.05, 3.63) is 65.2 Å². The van der Waals surface area contributed by atoms with Gasteiger partial charge >= 0.3 is 0 Å². The van der Waals surface area contributed by atoms with Crippen LogP contribution >= 0.6 is 12.2 Å². The van der Waals surface area contributed by atoms with Crippen molar-refractivity contribution in [1.82, 2.24) is 10.2 Å². The Bertz CT molecular complexity index is 779. The summed E-state index contributed by atoms with van der Waals surface area (Å²) in [6, 6.07) is 18.7. The third-order valence-corrected chi connectivity index (χ3v) is 4.89. The van der Waals surface area contributed by atoms with E-state index in [9.17, 15) is 0 Å². The van der Waals surface area contributed by atoms with Gasteiger partial charge in [-0.15, -0.1) is 0 Å². The van der Waals surface area contributed by atoms with Crippen LogP contribution in [0.5, 0.6) is 0 Å². The molecule has 1 heterocycles. The van der Waals surface area contributed by atoms with Gasteiger partial charge in [-0.1, -0.05) is 36.4 Å². The predicted octanol–water partition coefficient (Wildman–Crippen LogP) is 3.49. The molecule has 0 aliphatic carbocycles. The zero-order chi connectivity index (χ0) is 18.2. The van der Waals surface area contributed by atoms with E-state index in [-0.39, 0.29) is 0 Å². The molecule has 0 atom stereocenters. The number of anilines is 1. The fourth-order valence-electron chi connectivity index (χ4n) is 3.22. The zero-order valence-electron chi connectivity index (χ0n) is 14.9. The fraction of sp³-hybridized carbons (Fsp3) is 0.333. The molecule has 0 fully saturated rings. The van der Waals surface area contributed by atoms with Gasteiger partial charge in [0.25, 0.3) is 0 Å². The lowest BCUT2D eigenvalue weighted by Crippen LogP contribution is -2.34. The number of nitrogens with one attached hydrogen (secondary N) is 2. The molecule has 2 aromatic carbocycles. The van der Waals surface area contributed by atoms with Crippen LogP contribution in [0.2, 0.25) is 0 Å². The lowest BCUT2D eigenvalue weighted by Gasteiger charge is -2.28. The highest BCUT2D eigenvalue weighted by Crippen LogP contribution is 2.18. The molecule has 1 aliphatic rings. The van der Waals surface area contributed by atoms with Crippen LogP contribution in [0.25, 0.3) is 0 Å². The molecule has 26 heavy (non-hydrogen) atoms. The second-order valence-electron chi connectivity index (χ2n) is 6.56. The van der Waals surface area contributed by atoms with Crippen molar-refractivity contribution in [2.24, 2.45) is 0 Å². The lowest BCUT2D eigenvalue weighted by atomic mass is 10.00. The zero-order valence-corrected chi connectivity index (χ0v) is 15.7. The van der Waals surface area contributed by atoms with Gasteiger partial charge in [-0.05, 0) is 53.9 Å². The molecule has 0 saturated carbocycles. The Kier molecular flexibility index (Phi) is 6.59. The van der Waals surface area contributed by atoms with Gasteiger partial charge < -0.3 is 10.6 Å². The number of thiocarbonyl (C=S) groups is 1. The van der Waals surface area contributed by atoms with Crippen molar-refractivity contribution in [2.45, 2.75) is 25.8 Å². The number of hydrogen-bond acceptors (Lipinski definition) is 3. The first-order valence-electron chi connectivity index (χ1n) is 9.04. The van der Waals surface area contributed by atoms with Crippen molar-refractivity contribution >= 4 is 23.0 Å². The van der Waals surface area contributed by atoms with Crippen molar-refractivity contribution in [3.8, 4) is 6.07 Å². The molecule has 0 aromatic heterocycles. The van der Waals surface area contributed by atoms with Crippen molar-refractivity contribution in [2.75, 3.05) is 25.0 Å². The van der Waals surface area contributed by atoms with Crippen LogP contribution in [0.3, 0.4) is 0 Å². The lowest BCUT2D eigenvalue weighted by molar-refractivity contribution is 0.251. The predicted molar refractivity (Wildman–Crippen MR) is 110 cm³/mol. The third kappa shape index (κ3) is 5.29. The summed E-state index contributed by atoms with van der Waals surface area (Å²) < 4.78 is 0. The normalized spacial score (nSPS) is 13.5. The molecule has 0 bridgehead atoms. The first-order chi connectivity index (χ1) is 12.7. The topological polar surface area (TPSA) is 51.1 Å². The second kappa shape index (κ2) is 9.33. The highest BCUT2D eigenvalue weighted by atomic mass is 32.1. The van der Waals surface area contributed by atoms with E-state index in [0.717, 1.165) is 50.3 Å². The number of hydrogen-bond donors (Lipinski definition) is 2. The molecule has 0 unspecified atom stereocenters. The number of benzene rings is 2. The molecular formula is C21H24N4S. The standard InChI is InChI=1S/C21H24N4S/c22-12-10-17-6-8-20(9-7-17)24-21(26)23-13-3-14-25-15-11-18-4-1-2-5-19(18)16-25/h1-2,4-9H,3,10-11,13-16H2,(H2,23,24,26). The minimum atomic E-state index is 0.434. The highest BCUT2D eigenvalue weighted by molar-refractivity contribution is 7.80. The maximum atomic E-state index is 8.70. The molecule has 2 N–H and O–H groups in total. The van der Waals surface area contributed by atoms with Crippen LogP contribution in [0, 0.1) is 11.3 Å². The van der Waals surface area contributed by atoms with Crippen molar-refractivity contribution in [3.63, 3.8) is 0 Å². The van der Waals surface area contributed by atoms with Gasteiger partial charge in [0.1, 0.15) is 0 Å². The Hall–Kier alpha value is -2.42. The van der Waals surface area contributed by atoms with Gasteiger partial charge in [-0.25, -0.2) is 0 Å². The molecule has 3 rings (SSSR count). The second-order valence-corrected chi connectivity index (χ2v) is 6.97. The maximum absolute atomic E-state index is 8.70. The summed E-state index contributed by atoms with van der Waals surface area (Å²) >= 11 is 5.35. The van der Waals surface area contributed by atoms with E-state index in [4.69, 9.17) is 17.5 Å². The maximum Gasteiger partial charge on any atom is 0.170 e. The SMILES string of the molecule is N#CCc1ccc(NC(=S)NCCCN2CCc3ccccc3C2)cc1. The highest BCUT2D eigenvalue weighted by Gasteiger charge is 2.14. The van der Waals surface area contributed by atoms with Gasteiger partial charge in [0.2, 0.25) is 0 Å². The minimum Gasteiger partial charge on any atom is -0.362 e. The molecule has 0 saturated heterocycles. The van der Waals surface area contributed by atoms with Gasteiger partial charge in [-0.2, -0.15) is 5.26 Å². The molecule has 134 valence electrons. The van der Waals surface area contributed by atoms with Crippen LogP contribution in [-0.4, -0.2) is 29.6 Å². The molecule has 1 aliphatic heterocycles. The van der Waals surface area contributed by atoms with Gasteiger partial charge in [-0.3, -0.25) is 4.90 Å². The Morgan fingerprint density at radius 2 is 1.88 bits per heavy atom. The van der Waals surface area contributed by atoms with Crippen LogP contribution in [0.1, 0.15) is 23.1 Å². The van der Waals surface area contributed by atoms with E-state index < -0.39 is 0 Å². The Morgan fingerprint density at radius 3 is 2.65 bits per heavy atom. The van der Waals surface area contributed by atoms with Gasteiger partial charge in [0, 0.05) is 31.9 Å². The van der Waals surface area contributed by atoms with Crippen molar-refractivity contribution < 1.29 is 0 Å². The molecular weight excluding hydrogens is 340 g/mol. The van der Waals surface area contributed by atoms with Gasteiger partial charge in [0.15, 0.2) is 5.11 Å². The Labute approximate surface area is 160 Å².